The maximum absolute atomic E-state index is 12.4. The lowest BCUT2D eigenvalue weighted by Crippen LogP contribution is -2.40. The molecule has 102 valence electrons. The second-order valence-electron chi connectivity index (χ2n) is 4.64. The number of carboxylic acid groups (broad SMARTS) is 1. The van der Waals surface area contributed by atoms with Crippen molar-refractivity contribution in [1.82, 2.24) is 4.90 Å². The van der Waals surface area contributed by atoms with Gasteiger partial charge in [0.2, 0.25) is 0 Å². The lowest BCUT2D eigenvalue weighted by atomic mass is 10.1. The Morgan fingerprint density at radius 1 is 1.42 bits per heavy atom. The topological polar surface area (TPSA) is 77.8 Å². The second kappa shape index (κ2) is 5.46. The Labute approximate surface area is 124 Å². The number of benzene rings is 1. The van der Waals surface area contributed by atoms with E-state index in [1.54, 1.807) is 12.1 Å². The minimum Gasteiger partial charge on any atom is -0.480 e. The zero-order valence-corrected chi connectivity index (χ0v) is 12.5. The first-order valence-corrected chi connectivity index (χ1v) is 6.96. The molecule has 2 rings (SSSR count). The number of amides is 1. The molecule has 5 nitrogen and oxygen atoms in total. The Balaban J connectivity index is 2.33. The number of hydrogen-bond acceptors (Lipinski definition) is 3. The Kier molecular flexibility index (Phi) is 4.10. The van der Waals surface area contributed by atoms with Gasteiger partial charge in [-0.25, -0.2) is 4.79 Å². The van der Waals surface area contributed by atoms with Gasteiger partial charge in [0.15, 0.2) is 0 Å². The van der Waals surface area contributed by atoms with Gasteiger partial charge < -0.3 is 15.1 Å². The van der Waals surface area contributed by atoms with E-state index in [2.05, 4.69) is 22.6 Å². The normalized spacial score (nSPS) is 22.6. The molecule has 0 radical (unpaired) electrons. The highest BCUT2D eigenvalue weighted by molar-refractivity contribution is 14.1. The first kappa shape index (κ1) is 14.3. The van der Waals surface area contributed by atoms with Crippen molar-refractivity contribution < 1.29 is 19.8 Å². The molecule has 1 fully saturated rings. The van der Waals surface area contributed by atoms with Crippen molar-refractivity contribution in [3.05, 3.63) is 32.9 Å². The summed E-state index contributed by atoms with van der Waals surface area (Å²) in [6, 6.07) is 4.40. The van der Waals surface area contributed by atoms with Crippen molar-refractivity contribution in [1.29, 1.82) is 0 Å². The van der Waals surface area contributed by atoms with Gasteiger partial charge in [-0.15, -0.1) is 0 Å². The SMILES string of the molecule is Cc1cccc(C(=O)N2C[C@@H](O)C[C@H]2C(=O)O)c1I. The molecule has 2 N–H and O–H groups in total. The first-order valence-electron chi connectivity index (χ1n) is 5.88. The van der Waals surface area contributed by atoms with Crippen LogP contribution in [0, 0.1) is 10.5 Å². The van der Waals surface area contributed by atoms with Gasteiger partial charge in [0.05, 0.1) is 11.7 Å². The number of aliphatic hydroxyl groups is 1. The number of halogens is 1. The predicted molar refractivity (Wildman–Crippen MR) is 77.0 cm³/mol. The maximum atomic E-state index is 12.4. The number of carbonyl (C=O) groups excluding carboxylic acids is 1. The summed E-state index contributed by atoms with van der Waals surface area (Å²) in [5.74, 6) is -1.41. The van der Waals surface area contributed by atoms with Crippen LogP contribution in [0.1, 0.15) is 22.3 Å². The Morgan fingerprint density at radius 2 is 2.11 bits per heavy atom. The number of aliphatic hydroxyl groups excluding tert-OH is 1. The molecule has 0 aromatic heterocycles. The molecule has 0 bridgehead atoms. The van der Waals surface area contributed by atoms with E-state index in [9.17, 15) is 14.7 Å². The fourth-order valence-corrected chi connectivity index (χ4v) is 2.83. The third kappa shape index (κ3) is 2.74. The van der Waals surface area contributed by atoms with Gasteiger partial charge in [-0.05, 0) is 41.1 Å². The minimum absolute atomic E-state index is 0.0693. The number of hydrogen-bond donors (Lipinski definition) is 2. The van der Waals surface area contributed by atoms with E-state index in [0.717, 1.165) is 9.13 Å². The molecule has 1 amide bonds. The Bertz CT molecular complexity index is 531. The summed E-state index contributed by atoms with van der Waals surface area (Å²) in [5.41, 5.74) is 1.46. The van der Waals surface area contributed by atoms with Crippen LogP contribution in [0.25, 0.3) is 0 Å². The fourth-order valence-electron chi connectivity index (χ4n) is 2.24. The highest BCUT2D eigenvalue weighted by atomic mass is 127. The molecule has 0 unspecified atom stereocenters. The average molecular weight is 375 g/mol. The Morgan fingerprint density at radius 3 is 2.74 bits per heavy atom. The van der Waals surface area contributed by atoms with Crippen LogP contribution in [-0.2, 0) is 4.79 Å². The number of aliphatic carboxylic acids is 1. The van der Waals surface area contributed by atoms with E-state index in [-0.39, 0.29) is 18.9 Å². The van der Waals surface area contributed by atoms with Crippen molar-refractivity contribution >= 4 is 34.5 Å². The summed E-state index contributed by atoms with van der Waals surface area (Å²) in [5, 5.41) is 18.7. The molecule has 0 spiro atoms. The molecular formula is C13H14INO4. The van der Waals surface area contributed by atoms with Crippen LogP contribution >= 0.6 is 22.6 Å². The van der Waals surface area contributed by atoms with E-state index in [1.165, 1.54) is 4.90 Å². The van der Waals surface area contributed by atoms with Crippen LogP contribution in [0.15, 0.2) is 18.2 Å². The van der Waals surface area contributed by atoms with E-state index in [4.69, 9.17) is 5.11 Å². The lowest BCUT2D eigenvalue weighted by Gasteiger charge is -2.22. The largest absolute Gasteiger partial charge is 0.480 e. The molecule has 2 atom stereocenters. The molecule has 1 saturated heterocycles. The summed E-state index contributed by atoms with van der Waals surface area (Å²) < 4.78 is 0.815. The number of β-amino-alcohol motifs (C(OH)–C–C–N with tert-alkyl or cyclic N) is 1. The van der Waals surface area contributed by atoms with Crippen LogP contribution < -0.4 is 0 Å². The molecule has 1 aromatic carbocycles. The zero-order valence-electron chi connectivity index (χ0n) is 10.3. The van der Waals surface area contributed by atoms with Gasteiger partial charge >= 0.3 is 5.97 Å². The van der Waals surface area contributed by atoms with Gasteiger partial charge in [-0.2, -0.15) is 0 Å². The summed E-state index contributed by atoms with van der Waals surface area (Å²) in [7, 11) is 0. The van der Waals surface area contributed by atoms with E-state index in [1.807, 2.05) is 13.0 Å². The van der Waals surface area contributed by atoms with Crippen molar-refractivity contribution in [3.8, 4) is 0 Å². The van der Waals surface area contributed by atoms with Crippen molar-refractivity contribution in [2.45, 2.75) is 25.5 Å². The maximum Gasteiger partial charge on any atom is 0.326 e. The summed E-state index contributed by atoms with van der Waals surface area (Å²) in [6.45, 7) is 1.96. The monoisotopic (exact) mass is 375 g/mol. The third-order valence-electron chi connectivity index (χ3n) is 3.25. The number of carbonyl (C=O) groups is 2. The molecule has 1 aliphatic heterocycles. The highest BCUT2D eigenvalue weighted by Crippen LogP contribution is 2.24. The van der Waals surface area contributed by atoms with Crippen LogP contribution in [0.5, 0.6) is 0 Å². The summed E-state index contributed by atoms with van der Waals surface area (Å²) >= 11 is 2.08. The first-order chi connectivity index (χ1) is 8.91. The van der Waals surface area contributed by atoms with Crippen molar-refractivity contribution in [3.63, 3.8) is 0 Å². The number of aryl methyl sites for hydroxylation is 1. The van der Waals surface area contributed by atoms with Crippen LogP contribution in [-0.4, -0.2) is 45.7 Å². The summed E-state index contributed by atoms with van der Waals surface area (Å²) in [4.78, 5) is 24.8. The number of rotatable bonds is 2. The number of likely N-dealkylation sites (tertiary alicyclic amines) is 1. The molecule has 1 heterocycles. The number of carboxylic acids is 1. The van der Waals surface area contributed by atoms with Gasteiger partial charge in [-0.3, -0.25) is 4.79 Å². The molecule has 19 heavy (non-hydrogen) atoms. The molecule has 0 saturated carbocycles. The highest BCUT2D eigenvalue weighted by Gasteiger charge is 2.39. The smallest absolute Gasteiger partial charge is 0.326 e. The van der Waals surface area contributed by atoms with Crippen molar-refractivity contribution in [2.24, 2.45) is 0 Å². The molecule has 0 aliphatic carbocycles. The molecule has 6 heteroatoms. The predicted octanol–water partition coefficient (Wildman–Crippen LogP) is 1.26. The standard InChI is InChI=1S/C13H14INO4/c1-7-3-2-4-9(11(7)14)12(17)15-6-8(16)5-10(15)13(18)19/h2-4,8,10,16H,5-6H2,1H3,(H,18,19)/t8-,10-/m0/s1. The van der Waals surface area contributed by atoms with Crippen LogP contribution in [0.3, 0.4) is 0 Å². The van der Waals surface area contributed by atoms with Gasteiger partial charge in [0, 0.05) is 16.5 Å². The molecule has 1 aliphatic rings. The van der Waals surface area contributed by atoms with Gasteiger partial charge in [0.1, 0.15) is 6.04 Å². The molecule has 1 aromatic rings. The van der Waals surface area contributed by atoms with Gasteiger partial charge in [0.25, 0.3) is 5.91 Å². The third-order valence-corrected chi connectivity index (χ3v) is 4.68. The fraction of sp³-hybridized carbons (Fsp3) is 0.385. The number of nitrogens with zero attached hydrogens (tertiary/aromatic N) is 1. The van der Waals surface area contributed by atoms with Crippen LogP contribution in [0.4, 0.5) is 0 Å². The quantitative estimate of drug-likeness (QED) is 0.764. The summed E-state index contributed by atoms with van der Waals surface area (Å²) in [6.07, 6.45) is -0.684. The van der Waals surface area contributed by atoms with Crippen LogP contribution in [0.2, 0.25) is 0 Å². The lowest BCUT2D eigenvalue weighted by molar-refractivity contribution is -0.141. The Hall–Kier alpha value is -1.15. The van der Waals surface area contributed by atoms with E-state index >= 15 is 0 Å². The van der Waals surface area contributed by atoms with Crippen molar-refractivity contribution in [2.75, 3.05) is 6.54 Å². The second-order valence-corrected chi connectivity index (χ2v) is 5.72. The zero-order chi connectivity index (χ0) is 14.2. The van der Waals surface area contributed by atoms with Gasteiger partial charge in [-0.1, -0.05) is 12.1 Å². The minimum atomic E-state index is -1.08. The van der Waals surface area contributed by atoms with E-state index in [0.29, 0.717) is 5.56 Å². The average Bonchev–Trinajstić information content (AvgIpc) is 2.74. The van der Waals surface area contributed by atoms with E-state index < -0.39 is 18.1 Å². The molecular weight excluding hydrogens is 361 g/mol.